The first kappa shape index (κ1) is 13.6. The van der Waals surface area contributed by atoms with Crippen LogP contribution in [0.2, 0.25) is 0 Å². The number of hydrogen-bond donors (Lipinski definition) is 1. The zero-order chi connectivity index (χ0) is 13.3. The molecule has 0 spiro atoms. The fourth-order valence-corrected chi connectivity index (χ4v) is 2.34. The summed E-state index contributed by atoms with van der Waals surface area (Å²) in [6.45, 7) is 0. The van der Waals surface area contributed by atoms with E-state index in [1.807, 2.05) is 0 Å². The van der Waals surface area contributed by atoms with E-state index < -0.39 is 35.3 Å². The molecule has 2 rings (SSSR count). The van der Waals surface area contributed by atoms with Crippen LogP contribution < -0.4 is 0 Å². The van der Waals surface area contributed by atoms with Gasteiger partial charge >= 0.3 is 0 Å². The van der Waals surface area contributed by atoms with Crippen molar-refractivity contribution in [1.29, 1.82) is 0 Å². The van der Waals surface area contributed by atoms with Gasteiger partial charge in [0.2, 0.25) is 0 Å². The smallest absolute Gasteiger partial charge is 0.194 e. The molecule has 0 amide bonds. The highest BCUT2D eigenvalue weighted by atomic mass is 79.9. The highest BCUT2D eigenvalue weighted by Gasteiger charge is 2.49. The summed E-state index contributed by atoms with van der Waals surface area (Å²) in [5.74, 6) is -0.683. The molecule has 0 aromatic heterocycles. The molecule has 0 radical (unpaired) electrons. The normalized spacial score (nSPS) is 33.3. The molecule has 0 saturated carbocycles. The zero-order valence-electron chi connectivity index (χ0n) is 9.17. The quantitative estimate of drug-likeness (QED) is 0.684. The van der Waals surface area contributed by atoms with Crippen molar-refractivity contribution in [1.82, 2.24) is 0 Å². The van der Waals surface area contributed by atoms with Crippen molar-refractivity contribution in [2.24, 2.45) is 0 Å². The van der Waals surface area contributed by atoms with Crippen LogP contribution in [-0.4, -0.2) is 40.5 Å². The van der Waals surface area contributed by atoms with Crippen LogP contribution in [-0.2, 0) is 4.74 Å². The van der Waals surface area contributed by atoms with Gasteiger partial charge in [0.25, 0.3) is 0 Å². The fraction of sp³-hybridized carbons (Fsp3) is 0.417. The average molecular weight is 321 g/mol. The molecule has 1 saturated heterocycles. The van der Waals surface area contributed by atoms with Crippen LogP contribution in [0.15, 0.2) is 30.3 Å². The summed E-state index contributed by atoms with van der Waals surface area (Å²) in [7, 11) is 0. The number of carbonyl (C=O) groups excluding carboxylic acids is 1. The number of aliphatic hydroxyl groups excluding tert-OH is 1. The minimum Gasteiger partial charge on any atom is -0.382 e. The van der Waals surface area contributed by atoms with Crippen molar-refractivity contribution in [2.45, 2.75) is 29.6 Å². The molecule has 0 bridgehead atoms. The molecule has 98 valence electrons. The number of alkyl halides is 3. The summed E-state index contributed by atoms with van der Waals surface area (Å²) < 4.78 is 31.6. The molecule has 3 nitrogen and oxygen atoms in total. The molecular weight excluding hydrogens is 310 g/mol. The van der Waals surface area contributed by atoms with Gasteiger partial charge in [-0.05, 0) is 0 Å². The Morgan fingerprint density at radius 3 is 2.39 bits per heavy atom. The van der Waals surface area contributed by atoms with E-state index in [-0.39, 0.29) is 5.56 Å². The topological polar surface area (TPSA) is 46.5 Å². The highest BCUT2D eigenvalue weighted by molar-refractivity contribution is 9.09. The minimum atomic E-state index is -2.03. The maximum Gasteiger partial charge on any atom is 0.194 e. The van der Waals surface area contributed by atoms with Crippen molar-refractivity contribution in [2.75, 3.05) is 0 Å². The monoisotopic (exact) mass is 320 g/mol. The Labute approximate surface area is 111 Å². The molecule has 0 aliphatic carbocycles. The Morgan fingerprint density at radius 1 is 1.28 bits per heavy atom. The predicted octanol–water partition coefficient (Wildman–Crippen LogP) is 2.03. The van der Waals surface area contributed by atoms with Gasteiger partial charge in [-0.2, -0.15) is 0 Å². The molecule has 1 N–H and O–H groups in total. The van der Waals surface area contributed by atoms with Crippen LogP contribution in [0.25, 0.3) is 0 Å². The summed E-state index contributed by atoms with van der Waals surface area (Å²) in [5.41, 5.74) is 0.231. The Morgan fingerprint density at radius 2 is 1.89 bits per heavy atom. The SMILES string of the molecule is O=C(c1ccccc1)C(O)[C@H]1O[C@H](Br)[C@H](F)[C@@H]1F. The van der Waals surface area contributed by atoms with E-state index in [9.17, 15) is 18.7 Å². The van der Waals surface area contributed by atoms with Gasteiger partial charge in [0.05, 0.1) is 0 Å². The van der Waals surface area contributed by atoms with Gasteiger partial charge < -0.3 is 9.84 Å². The van der Waals surface area contributed by atoms with E-state index in [4.69, 9.17) is 4.74 Å². The number of carbonyl (C=O) groups is 1. The number of hydrogen-bond acceptors (Lipinski definition) is 3. The van der Waals surface area contributed by atoms with Crippen molar-refractivity contribution in [3.63, 3.8) is 0 Å². The van der Waals surface area contributed by atoms with Crippen LogP contribution in [0.5, 0.6) is 0 Å². The standard InChI is InChI=1S/C12H11BrF2O3/c13-12-8(15)7(14)11(18-12)10(17)9(16)6-4-2-1-3-5-6/h1-5,7-8,10-12,17H/t7-,8+,10?,11-,12-/m0/s1. The van der Waals surface area contributed by atoms with Gasteiger partial charge in [-0.3, -0.25) is 4.79 Å². The third-order valence-corrected chi connectivity index (χ3v) is 3.51. The van der Waals surface area contributed by atoms with Gasteiger partial charge in [0.15, 0.2) is 18.1 Å². The number of halogens is 3. The minimum absolute atomic E-state index is 0.231. The molecule has 1 aromatic carbocycles. The first-order valence-electron chi connectivity index (χ1n) is 5.37. The Balaban J connectivity index is 2.13. The maximum absolute atomic E-state index is 13.5. The third-order valence-electron chi connectivity index (χ3n) is 2.79. The zero-order valence-corrected chi connectivity index (χ0v) is 10.8. The number of ether oxygens (including phenoxy) is 1. The van der Waals surface area contributed by atoms with E-state index in [1.54, 1.807) is 18.2 Å². The Kier molecular flexibility index (Phi) is 4.09. The lowest BCUT2D eigenvalue weighted by atomic mass is 9.99. The van der Waals surface area contributed by atoms with Crippen molar-refractivity contribution >= 4 is 21.7 Å². The Bertz CT molecular complexity index is 429. The van der Waals surface area contributed by atoms with Crippen LogP contribution >= 0.6 is 15.9 Å². The van der Waals surface area contributed by atoms with E-state index in [2.05, 4.69) is 15.9 Å². The van der Waals surface area contributed by atoms with Crippen LogP contribution in [0, 0.1) is 0 Å². The molecule has 6 heteroatoms. The van der Waals surface area contributed by atoms with E-state index >= 15 is 0 Å². The molecule has 1 fully saturated rings. The lowest BCUT2D eigenvalue weighted by molar-refractivity contribution is -0.0202. The summed E-state index contributed by atoms with van der Waals surface area (Å²) in [6, 6.07) is 7.93. The second-order valence-corrected chi connectivity index (χ2v) is 4.92. The van der Waals surface area contributed by atoms with E-state index in [1.165, 1.54) is 12.1 Å². The number of aliphatic hydroxyl groups is 1. The van der Waals surface area contributed by atoms with E-state index in [0.717, 1.165) is 0 Å². The fourth-order valence-electron chi connectivity index (χ4n) is 1.80. The summed E-state index contributed by atoms with van der Waals surface area (Å²) in [5, 5.41) is 8.63. The van der Waals surface area contributed by atoms with Crippen molar-refractivity contribution < 1.29 is 23.4 Å². The molecule has 5 atom stereocenters. The van der Waals surface area contributed by atoms with Gasteiger partial charge in [0, 0.05) is 5.56 Å². The average Bonchev–Trinajstić information content (AvgIpc) is 2.66. The lowest BCUT2D eigenvalue weighted by Gasteiger charge is -2.18. The van der Waals surface area contributed by atoms with Crippen LogP contribution in [0.1, 0.15) is 10.4 Å². The van der Waals surface area contributed by atoms with Crippen molar-refractivity contribution in [3.8, 4) is 0 Å². The van der Waals surface area contributed by atoms with Gasteiger partial charge in [-0.25, -0.2) is 8.78 Å². The molecule has 1 heterocycles. The second-order valence-electron chi connectivity index (χ2n) is 4.02. The van der Waals surface area contributed by atoms with Gasteiger partial charge in [-0.15, -0.1) is 0 Å². The molecular formula is C12H11BrF2O3. The number of benzene rings is 1. The number of ketones is 1. The highest BCUT2D eigenvalue weighted by Crippen LogP contribution is 2.32. The number of Topliss-reactive ketones (excluding diaryl/α,β-unsaturated/α-hetero) is 1. The largest absolute Gasteiger partial charge is 0.382 e. The molecule has 1 unspecified atom stereocenters. The molecule has 18 heavy (non-hydrogen) atoms. The summed E-state index contributed by atoms with van der Waals surface area (Å²) >= 11 is 2.80. The molecule has 1 aromatic rings. The Hall–Kier alpha value is -0.850. The second kappa shape index (κ2) is 5.42. The van der Waals surface area contributed by atoms with Crippen LogP contribution in [0.4, 0.5) is 8.78 Å². The predicted molar refractivity (Wildman–Crippen MR) is 64.2 cm³/mol. The maximum atomic E-state index is 13.5. The summed E-state index contributed by atoms with van der Waals surface area (Å²) in [6.07, 6.45) is -7.13. The van der Waals surface area contributed by atoms with Crippen LogP contribution in [0.3, 0.4) is 0 Å². The summed E-state index contributed by atoms with van der Waals surface area (Å²) in [4.78, 5) is 11.9. The first-order chi connectivity index (χ1) is 8.52. The van der Waals surface area contributed by atoms with E-state index in [0.29, 0.717) is 0 Å². The van der Waals surface area contributed by atoms with Crippen molar-refractivity contribution in [3.05, 3.63) is 35.9 Å². The number of rotatable bonds is 3. The lowest BCUT2D eigenvalue weighted by Crippen LogP contribution is -2.40. The van der Waals surface area contributed by atoms with Gasteiger partial charge in [0.1, 0.15) is 17.2 Å². The van der Waals surface area contributed by atoms with Gasteiger partial charge in [-0.1, -0.05) is 46.3 Å². The third kappa shape index (κ3) is 2.46. The first-order valence-corrected chi connectivity index (χ1v) is 6.29. The molecule has 1 aliphatic rings. The molecule has 1 aliphatic heterocycles.